The average Bonchev–Trinajstić information content (AvgIpc) is 3.73. The summed E-state index contributed by atoms with van der Waals surface area (Å²) in [5, 5.41) is 3.97. The molecule has 196 valence electrons. The summed E-state index contributed by atoms with van der Waals surface area (Å²) in [5.74, 6) is 0.951. The van der Waals surface area contributed by atoms with Gasteiger partial charge in [0.1, 0.15) is 5.82 Å². The van der Waals surface area contributed by atoms with E-state index in [4.69, 9.17) is 9.51 Å². The maximum absolute atomic E-state index is 14.2. The monoisotopic (exact) mass is 518 g/mol. The van der Waals surface area contributed by atoms with Crippen LogP contribution in [-0.2, 0) is 12.8 Å². The molecule has 0 radical (unpaired) electrons. The van der Waals surface area contributed by atoms with Gasteiger partial charge in [0, 0.05) is 23.5 Å². The lowest BCUT2D eigenvalue weighted by Crippen LogP contribution is -2.29. The van der Waals surface area contributed by atoms with E-state index in [2.05, 4.69) is 17.1 Å². The lowest BCUT2D eigenvalue weighted by Gasteiger charge is -2.18. The van der Waals surface area contributed by atoms with Crippen molar-refractivity contribution < 1.29 is 4.52 Å². The van der Waals surface area contributed by atoms with Crippen LogP contribution in [0.25, 0.3) is 28.2 Å². The van der Waals surface area contributed by atoms with Crippen LogP contribution in [0.4, 0.5) is 0 Å². The first-order valence-electron chi connectivity index (χ1n) is 13.6. The first kappa shape index (κ1) is 24.8. The van der Waals surface area contributed by atoms with Crippen molar-refractivity contribution in [3.8, 4) is 28.2 Å². The third-order valence-electron chi connectivity index (χ3n) is 7.26. The largest absolute Gasteiger partial charge is 0.439 e. The summed E-state index contributed by atoms with van der Waals surface area (Å²) in [7, 11) is 0. The van der Waals surface area contributed by atoms with Gasteiger partial charge >= 0.3 is 5.76 Å². The minimum absolute atomic E-state index is 0.00673. The Labute approximate surface area is 226 Å². The maximum atomic E-state index is 14.2. The zero-order valence-electron chi connectivity index (χ0n) is 21.9. The average molecular weight is 519 g/mol. The normalized spacial score (nSPS) is 13.1. The van der Waals surface area contributed by atoms with Crippen molar-refractivity contribution in [3.05, 3.63) is 122 Å². The van der Waals surface area contributed by atoms with Crippen molar-refractivity contribution in [1.29, 1.82) is 0 Å². The molecule has 1 N–H and O–H groups in total. The van der Waals surface area contributed by atoms with Gasteiger partial charge in [-0.25, -0.2) is 9.78 Å². The molecule has 0 amide bonds. The highest BCUT2D eigenvalue weighted by molar-refractivity contribution is 5.81. The summed E-state index contributed by atoms with van der Waals surface area (Å²) in [6, 6.07) is 25.8. The fraction of sp³-hybridized carbons (Fsp3) is 0.250. The van der Waals surface area contributed by atoms with Crippen molar-refractivity contribution >= 4 is 0 Å². The Bertz CT molecular complexity index is 1710. The predicted octanol–water partition coefficient (Wildman–Crippen LogP) is 6.05. The number of benzene rings is 3. The third kappa shape index (κ3) is 5.12. The molecule has 2 aromatic heterocycles. The Morgan fingerprint density at radius 2 is 1.69 bits per heavy atom. The summed E-state index contributed by atoms with van der Waals surface area (Å²) in [5.41, 5.74) is 6.03. The van der Waals surface area contributed by atoms with Crippen LogP contribution in [0, 0.1) is 0 Å². The zero-order chi connectivity index (χ0) is 26.8. The van der Waals surface area contributed by atoms with Gasteiger partial charge in [-0.05, 0) is 60.6 Å². The lowest BCUT2D eigenvalue weighted by molar-refractivity contribution is 0.388. The second-order valence-electron chi connectivity index (χ2n) is 10.1. The number of rotatable bonds is 9. The summed E-state index contributed by atoms with van der Waals surface area (Å²) in [6.07, 6.45) is 5.31. The molecular formula is C32H30N4O3. The van der Waals surface area contributed by atoms with E-state index in [9.17, 15) is 9.59 Å². The quantitative estimate of drug-likeness (QED) is 0.256. The number of unbranched alkanes of at least 4 members (excludes halogenated alkanes) is 1. The molecule has 0 aliphatic heterocycles. The second-order valence-corrected chi connectivity index (χ2v) is 10.1. The number of hydrogen-bond acceptors (Lipinski definition) is 5. The van der Waals surface area contributed by atoms with Crippen molar-refractivity contribution in [2.24, 2.45) is 0 Å². The topological polar surface area (TPSA) is 93.8 Å². The summed E-state index contributed by atoms with van der Waals surface area (Å²) in [6.45, 7) is 2.15. The van der Waals surface area contributed by atoms with E-state index in [1.165, 1.54) is 0 Å². The molecule has 0 atom stereocenters. The highest BCUT2D eigenvalue weighted by Crippen LogP contribution is 2.40. The maximum Gasteiger partial charge on any atom is 0.439 e. The van der Waals surface area contributed by atoms with Crippen molar-refractivity contribution in [3.63, 3.8) is 0 Å². The number of H-pyrrole nitrogens is 1. The van der Waals surface area contributed by atoms with Gasteiger partial charge in [-0.3, -0.25) is 18.9 Å². The van der Waals surface area contributed by atoms with Gasteiger partial charge in [0.05, 0.1) is 11.4 Å². The number of nitrogens with one attached hydrogen (secondary N) is 1. The van der Waals surface area contributed by atoms with E-state index in [0.717, 1.165) is 71.6 Å². The summed E-state index contributed by atoms with van der Waals surface area (Å²) in [4.78, 5) is 33.8. The van der Waals surface area contributed by atoms with Gasteiger partial charge in [-0.1, -0.05) is 79.2 Å². The van der Waals surface area contributed by atoms with Crippen molar-refractivity contribution in [2.45, 2.75) is 51.4 Å². The molecule has 7 heteroatoms. The number of hydrogen-bond donors (Lipinski definition) is 1. The van der Waals surface area contributed by atoms with Crippen molar-refractivity contribution in [2.75, 3.05) is 0 Å². The Morgan fingerprint density at radius 3 is 2.36 bits per heavy atom. The van der Waals surface area contributed by atoms with E-state index >= 15 is 0 Å². The van der Waals surface area contributed by atoms with Crippen LogP contribution in [0.15, 0.2) is 93.0 Å². The molecule has 1 aliphatic carbocycles. The number of nitrogens with zero attached hydrogens (tertiary/aromatic N) is 3. The Kier molecular flexibility index (Phi) is 6.80. The molecule has 0 unspecified atom stereocenters. The van der Waals surface area contributed by atoms with E-state index in [1.54, 1.807) is 0 Å². The molecule has 0 saturated heterocycles. The van der Waals surface area contributed by atoms with Gasteiger partial charge in [-0.15, -0.1) is 0 Å². The first-order chi connectivity index (χ1) is 19.1. The molecule has 1 saturated carbocycles. The van der Waals surface area contributed by atoms with Crippen LogP contribution in [-0.4, -0.2) is 19.7 Å². The van der Waals surface area contributed by atoms with Gasteiger partial charge in [0.15, 0.2) is 5.82 Å². The molecule has 1 aliphatic rings. The zero-order valence-corrected chi connectivity index (χ0v) is 21.9. The van der Waals surface area contributed by atoms with Gasteiger partial charge in [0.2, 0.25) is 0 Å². The minimum atomic E-state index is -0.609. The number of aromatic nitrogens is 4. The van der Waals surface area contributed by atoms with Crippen LogP contribution >= 0.6 is 0 Å². The second kappa shape index (κ2) is 10.7. The molecule has 7 nitrogen and oxygen atoms in total. The predicted molar refractivity (Wildman–Crippen MR) is 151 cm³/mol. The fourth-order valence-corrected chi connectivity index (χ4v) is 5.11. The van der Waals surface area contributed by atoms with E-state index in [1.807, 2.05) is 83.4 Å². The summed E-state index contributed by atoms with van der Waals surface area (Å²) < 4.78 is 6.65. The number of para-hydroxylation sites is 1. The van der Waals surface area contributed by atoms with E-state index in [-0.39, 0.29) is 5.56 Å². The first-order valence-corrected chi connectivity index (χ1v) is 13.6. The lowest BCUT2D eigenvalue weighted by atomic mass is 9.94. The van der Waals surface area contributed by atoms with Crippen LogP contribution in [0.5, 0.6) is 0 Å². The highest BCUT2D eigenvalue weighted by Gasteiger charge is 2.31. The van der Waals surface area contributed by atoms with Crippen LogP contribution in [0.3, 0.4) is 0 Å². The molecule has 0 bridgehead atoms. The van der Waals surface area contributed by atoms with E-state index in [0.29, 0.717) is 23.7 Å². The Hall–Kier alpha value is -4.52. The third-order valence-corrected chi connectivity index (χ3v) is 7.26. The molecule has 2 heterocycles. The van der Waals surface area contributed by atoms with Crippen LogP contribution < -0.4 is 11.3 Å². The fourth-order valence-electron chi connectivity index (χ4n) is 5.11. The summed E-state index contributed by atoms with van der Waals surface area (Å²) >= 11 is 0. The molecule has 6 rings (SSSR count). The number of aryl methyl sites for hydroxylation is 1. The standard InChI is InChI=1S/C32H30N4O3/c1-2-3-14-28-27(31(37)36(24-12-8-5-9-13-24)30(33-28)23-16-17-23)20-21-15-18-25(22-10-6-4-7-11-22)26(19-21)29-34-32(38)39-35-29/h4-13,15,18-19,23H,2-3,14,16-17,20H2,1H3,(H,34,35,38). The van der Waals surface area contributed by atoms with Gasteiger partial charge < -0.3 is 0 Å². The smallest absolute Gasteiger partial charge is 0.296 e. The molecule has 1 fully saturated rings. The Morgan fingerprint density at radius 1 is 0.949 bits per heavy atom. The van der Waals surface area contributed by atoms with Gasteiger partial charge in [0.25, 0.3) is 5.56 Å². The molecular weight excluding hydrogens is 488 g/mol. The molecule has 39 heavy (non-hydrogen) atoms. The SMILES string of the molecule is CCCCc1nc(C2CC2)n(-c2ccccc2)c(=O)c1Cc1ccc(-c2ccccc2)c(-c2noc(=O)[nH]2)c1. The van der Waals surface area contributed by atoms with Crippen LogP contribution in [0.1, 0.15) is 61.2 Å². The highest BCUT2D eigenvalue weighted by atomic mass is 16.5. The molecule has 0 spiro atoms. The van der Waals surface area contributed by atoms with E-state index < -0.39 is 5.76 Å². The van der Waals surface area contributed by atoms with Crippen molar-refractivity contribution in [1.82, 2.24) is 19.7 Å². The number of aromatic amines is 1. The molecule has 3 aromatic carbocycles. The Balaban J connectivity index is 1.49. The minimum Gasteiger partial charge on any atom is -0.296 e. The van der Waals surface area contributed by atoms with Gasteiger partial charge in [-0.2, -0.15) is 0 Å². The molecule has 5 aromatic rings. The van der Waals surface area contributed by atoms with Crippen LogP contribution in [0.2, 0.25) is 0 Å².